The molecule has 0 aliphatic rings. The number of hydrogen-bond donors (Lipinski definition) is 1. The predicted octanol–water partition coefficient (Wildman–Crippen LogP) is 3.14. The molecule has 0 amide bonds. The van der Waals surface area contributed by atoms with Gasteiger partial charge in [0.25, 0.3) is 0 Å². The first-order valence-electron chi connectivity index (χ1n) is 7.36. The zero-order chi connectivity index (χ0) is 15.2. The zero-order valence-corrected chi connectivity index (χ0v) is 12.6. The van der Waals surface area contributed by atoms with Crippen LogP contribution in [0.3, 0.4) is 0 Å². The summed E-state index contributed by atoms with van der Waals surface area (Å²) in [5.74, 6) is 0.658. The number of para-hydroxylation sites is 1. The van der Waals surface area contributed by atoms with Crippen molar-refractivity contribution in [3.8, 4) is 22.7 Å². The Morgan fingerprint density at radius 3 is 2.36 bits per heavy atom. The van der Waals surface area contributed by atoms with Gasteiger partial charge in [-0.1, -0.05) is 48.5 Å². The van der Waals surface area contributed by atoms with Crippen molar-refractivity contribution in [1.29, 1.82) is 0 Å². The van der Waals surface area contributed by atoms with Crippen molar-refractivity contribution in [2.24, 2.45) is 0 Å². The highest BCUT2D eigenvalue weighted by molar-refractivity contribution is 5.68. The largest absolute Gasteiger partial charge is 0.475 e. The zero-order valence-electron chi connectivity index (χ0n) is 12.6. The number of nitrogens with one attached hydrogen (secondary N) is 1. The molecule has 4 nitrogen and oxygen atoms in total. The van der Waals surface area contributed by atoms with Crippen LogP contribution in [0, 0.1) is 0 Å². The van der Waals surface area contributed by atoms with Crippen molar-refractivity contribution in [2.45, 2.75) is 0 Å². The van der Waals surface area contributed by atoms with Gasteiger partial charge in [0.05, 0.1) is 11.3 Å². The lowest BCUT2D eigenvalue weighted by atomic mass is 10.1. The molecule has 0 fully saturated rings. The van der Waals surface area contributed by atoms with Crippen molar-refractivity contribution < 1.29 is 4.74 Å². The van der Waals surface area contributed by atoms with Crippen molar-refractivity contribution in [1.82, 2.24) is 15.1 Å². The first kappa shape index (κ1) is 14.4. The van der Waals surface area contributed by atoms with Gasteiger partial charge in [0.15, 0.2) is 0 Å². The molecule has 0 saturated heterocycles. The maximum absolute atomic E-state index is 5.84. The third kappa shape index (κ3) is 3.18. The van der Waals surface area contributed by atoms with Gasteiger partial charge >= 0.3 is 0 Å². The highest BCUT2D eigenvalue weighted by Gasteiger charge is 2.13. The van der Waals surface area contributed by atoms with Crippen LogP contribution in [-0.2, 0) is 0 Å². The average molecular weight is 293 g/mol. The van der Waals surface area contributed by atoms with E-state index < -0.39 is 0 Å². The fourth-order valence-corrected chi connectivity index (χ4v) is 2.24. The minimum absolute atomic E-state index is 0.585. The van der Waals surface area contributed by atoms with Crippen LogP contribution in [0.2, 0.25) is 0 Å². The molecule has 0 saturated carbocycles. The molecule has 0 bridgehead atoms. The van der Waals surface area contributed by atoms with E-state index >= 15 is 0 Å². The Kier molecular flexibility index (Phi) is 4.51. The van der Waals surface area contributed by atoms with Gasteiger partial charge in [0, 0.05) is 12.7 Å². The van der Waals surface area contributed by atoms with E-state index in [0.29, 0.717) is 12.5 Å². The number of likely N-dealkylation sites (N-methyl/N-ethyl adjacent to an activating group) is 1. The van der Waals surface area contributed by atoms with Crippen molar-refractivity contribution in [3.05, 3.63) is 66.9 Å². The fourth-order valence-electron chi connectivity index (χ4n) is 2.24. The minimum atomic E-state index is 0.585. The molecule has 0 aliphatic heterocycles. The number of benzene rings is 2. The third-order valence-corrected chi connectivity index (χ3v) is 3.38. The van der Waals surface area contributed by atoms with Crippen LogP contribution in [0.15, 0.2) is 66.9 Å². The Balaban J connectivity index is 1.97. The number of ether oxygens (including phenoxy) is 1. The first-order chi connectivity index (χ1) is 10.9. The Hall–Kier alpha value is -2.59. The van der Waals surface area contributed by atoms with Gasteiger partial charge in [-0.25, -0.2) is 4.68 Å². The molecule has 1 N–H and O–H groups in total. The van der Waals surface area contributed by atoms with Crippen LogP contribution in [0.4, 0.5) is 0 Å². The molecule has 22 heavy (non-hydrogen) atoms. The molecule has 112 valence electrons. The van der Waals surface area contributed by atoms with Crippen LogP contribution in [0.5, 0.6) is 5.88 Å². The van der Waals surface area contributed by atoms with Crippen LogP contribution < -0.4 is 10.1 Å². The summed E-state index contributed by atoms with van der Waals surface area (Å²) in [6, 6.07) is 20.2. The van der Waals surface area contributed by atoms with Gasteiger partial charge in [0.2, 0.25) is 5.88 Å². The second kappa shape index (κ2) is 6.91. The highest BCUT2D eigenvalue weighted by atomic mass is 16.5. The van der Waals surface area contributed by atoms with Gasteiger partial charge in [-0.3, -0.25) is 0 Å². The van der Waals surface area contributed by atoms with Gasteiger partial charge in [-0.15, -0.1) is 5.10 Å². The molecule has 0 spiro atoms. The average Bonchev–Trinajstić information content (AvgIpc) is 3.01. The van der Waals surface area contributed by atoms with Crippen molar-refractivity contribution in [2.75, 3.05) is 20.2 Å². The molecule has 0 aliphatic carbocycles. The Morgan fingerprint density at radius 2 is 1.68 bits per heavy atom. The quantitative estimate of drug-likeness (QED) is 0.710. The molecule has 1 aromatic heterocycles. The van der Waals surface area contributed by atoms with Crippen LogP contribution in [0.25, 0.3) is 16.8 Å². The van der Waals surface area contributed by atoms with Crippen molar-refractivity contribution >= 4 is 0 Å². The molecule has 1 heterocycles. The summed E-state index contributed by atoms with van der Waals surface area (Å²) in [5, 5.41) is 7.67. The second-order valence-corrected chi connectivity index (χ2v) is 4.95. The monoisotopic (exact) mass is 293 g/mol. The van der Waals surface area contributed by atoms with Gasteiger partial charge < -0.3 is 10.1 Å². The third-order valence-electron chi connectivity index (χ3n) is 3.38. The summed E-state index contributed by atoms with van der Waals surface area (Å²) >= 11 is 0. The van der Waals surface area contributed by atoms with Gasteiger partial charge in [0.1, 0.15) is 6.61 Å². The summed E-state index contributed by atoms with van der Waals surface area (Å²) in [7, 11) is 1.91. The lowest BCUT2D eigenvalue weighted by Gasteiger charge is -2.05. The lowest BCUT2D eigenvalue weighted by molar-refractivity contribution is 0.305. The summed E-state index contributed by atoms with van der Waals surface area (Å²) < 4.78 is 7.70. The molecular weight excluding hydrogens is 274 g/mol. The first-order valence-corrected chi connectivity index (χ1v) is 7.36. The van der Waals surface area contributed by atoms with E-state index in [9.17, 15) is 0 Å². The fraction of sp³-hybridized carbons (Fsp3) is 0.167. The molecule has 2 aromatic carbocycles. The van der Waals surface area contributed by atoms with E-state index in [1.165, 1.54) is 0 Å². The molecule has 3 aromatic rings. The molecule has 0 radical (unpaired) electrons. The molecule has 0 atom stereocenters. The van der Waals surface area contributed by atoms with E-state index in [4.69, 9.17) is 4.74 Å². The highest BCUT2D eigenvalue weighted by Crippen LogP contribution is 2.29. The lowest BCUT2D eigenvalue weighted by Crippen LogP contribution is -2.16. The van der Waals surface area contributed by atoms with Crippen molar-refractivity contribution in [3.63, 3.8) is 0 Å². The van der Waals surface area contributed by atoms with E-state index in [1.54, 1.807) is 0 Å². The van der Waals surface area contributed by atoms with E-state index in [1.807, 2.05) is 66.5 Å². The molecule has 4 heteroatoms. The minimum Gasteiger partial charge on any atom is -0.475 e. The van der Waals surface area contributed by atoms with Gasteiger partial charge in [-0.05, 0) is 24.7 Å². The Bertz CT molecular complexity index is 708. The van der Waals surface area contributed by atoms with E-state index in [2.05, 4.69) is 22.5 Å². The number of aromatic nitrogens is 2. The molecular formula is C18H19N3O. The SMILES string of the molecule is CNCCOc1nn(-c2ccccc2)cc1-c1ccccc1. The van der Waals surface area contributed by atoms with Gasteiger partial charge in [-0.2, -0.15) is 0 Å². The normalized spacial score (nSPS) is 10.6. The smallest absolute Gasteiger partial charge is 0.241 e. The second-order valence-electron chi connectivity index (χ2n) is 4.95. The van der Waals surface area contributed by atoms with Crippen LogP contribution in [-0.4, -0.2) is 30.0 Å². The summed E-state index contributed by atoms with van der Waals surface area (Å²) in [4.78, 5) is 0. The maximum Gasteiger partial charge on any atom is 0.241 e. The number of hydrogen-bond acceptors (Lipinski definition) is 3. The summed E-state index contributed by atoms with van der Waals surface area (Å²) in [5.41, 5.74) is 3.12. The number of nitrogens with zero attached hydrogens (tertiary/aromatic N) is 2. The topological polar surface area (TPSA) is 39.1 Å². The van der Waals surface area contributed by atoms with E-state index in [-0.39, 0.29) is 0 Å². The maximum atomic E-state index is 5.84. The van der Waals surface area contributed by atoms with Crippen LogP contribution >= 0.6 is 0 Å². The Morgan fingerprint density at radius 1 is 1.00 bits per heavy atom. The summed E-state index contributed by atoms with van der Waals surface area (Å²) in [6.45, 7) is 1.37. The van der Waals surface area contributed by atoms with E-state index in [0.717, 1.165) is 23.4 Å². The Labute approximate surface area is 130 Å². The number of rotatable bonds is 6. The van der Waals surface area contributed by atoms with Crippen LogP contribution in [0.1, 0.15) is 0 Å². The standard InChI is InChI=1S/C18H19N3O/c1-19-12-13-22-18-17(15-8-4-2-5-9-15)14-21(20-18)16-10-6-3-7-11-16/h2-11,14,19H,12-13H2,1H3. The predicted molar refractivity (Wildman–Crippen MR) is 88.4 cm³/mol. The molecule has 0 unspecified atom stereocenters. The molecule has 3 rings (SSSR count). The summed E-state index contributed by atoms with van der Waals surface area (Å²) in [6.07, 6.45) is 2.01.